The van der Waals surface area contributed by atoms with E-state index in [0.717, 1.165) is 0 Å². The van der Waals surface area contributed by atoms with Crippen LogP contribution in [0.3, 0.4) is 0 Å². The molecule has 0 unspecified atom stereocenters. The quantitative estimate of drug-likeness (QED) is 0.893. The molecule has 0 aliphatic heterocycles. The van der Waals surface area contributed by atoms with Gasteiger partial charge in [0.25, 0.3) is 0 Å². The molecule has 0 radical (unpaired) electrons. The van der Waals surface area contributed by atoms with Crippen molar-refractivity contribution >= 4 is 23.5 Å². The molecule has 1 aromatic heterocycles. The Morgan fingerprint density at radius 2 is 2.05 bits per heavy atom. The van der Waals surface area contributed by atoms with Gasteiger partial charge in [-0.1, -0.05) is 11.6 Å². The molecule has 6 nitrogen and oxygen atoms in total. The molecule has 0 saturated carbocycles. The maximum Gasteiger partial charge on any atom is 0.248 e. The van der Waals surface area contributed by atoms with Crippen LogP contribution in [0.5, 0.6) is 11.6 Å². The highest BCUT2D eigenvalue weighted by Crippen LogP contribution is 2.27. The maximum atomic E-state index is 10.9. The summed E-state index contributed by atoms with van der Waals surface area (Å²) >= 11 is 5.93. The van der Waals surface area contributed by atoms with Gasteiger partial charge in [0.15, 0.2) is 0 Å². The SMILES string of the molecule is CNc1ncc(Cl)c(Oc2ccc(C(N)=O)cc2)n1. The number of halogens is 1. The molecule has 1 heterocycles. The number of nitrogens with one attached hydrogen (secondary N) is 1. The Labute approximate surface area is 114 Å². The lowest BCUT2D eigenvalue weighted by molar-refractivity contribution is 0.100. The van der Waals surface area contributed by atoms with Crippen molar-refractivity contribution < 1.29 is 9.53 Å². The predicted molar refractivity (Wildman–Crippen MR) is 71.6 cm³/mol. The highest BCUT2D eigenvalue weighted by atomic mass is 35.5. The molecule has 19 heavy (non-hydrogen) atoms. The van der Waals surface area contributed by atoms with E-state index in [0.29, 0.717) is 17.3 Å². The lowest BCUT2D eigenvalue weighted by Crippen LogP contribution is -2.10. The van der Waals surface area contributed by atoms with E-state index >= 15 is 0 Å². The predicted octanol–water partition coefficient (Wildman–Crippen LogP) is 2.06. The van der Waals surface area contributed by atoms with E-state index in [1.807, 2.05) is 0 Å². The van der Waals surface area contributed by atoms with Crippen LogP contribution in [0.4, 0.5) is 5.95 Å². The first-order chi connectivity index (χ1) is 9.10. The third-order valence-corrected chi connectivity index (χ3v) is 2.55. The van der Waals surface area contributed by atoms with Crippen LogP contribution in [0.15, 0.2) is 30.5 Å². The number of amides is 1. The van der Waals surface area contributed by atoms with Crippen molar-refractivity contribution in [3.8, 4) is 11.6 Å². The van der Waals surface area contributed by atoms with Gasteiger partial charge in [-0.05, 0) is 24.3 Å². The number of aromatic nitrogens is 2. The fraction of sp³-hybridized carbons (Fsp3) is 0.0833. The van der Waals surface area contributed by atoms with Crippen LogP contribution in [0.1, 0.15) is 10.4 Å². The number of nitrogens with zero attached hydrogens (tertiary/aromatic N) is 2. The lowest BCUT2D eigenvalue weighted by atomic mass is 10.2. The number of hydrogen-bond acceptors (Lipinski definition) is 5. The number of carbonyl (C=O) groups excluding carboxylic acids is 1. The molecule has 98 valence electrons. The Morgan fingerprint density at radius 1 is 1.37 bits per heavy atom. The van der Waals surface area contributed by atoms with Gasteiger partial charge in [-0.2, -0.15) is 4.98 Å². The molecule has 0 fully saturated rings. The van der Waals surface area contributed by atoms with E-state index in [1.165, 1.54) is 6.20 Å². The number of benzene rings is 1. The van der Waals surface area contributed by atoms with Crippen LogP contribution in [0, 0.1) is 0 Å². The molecular weight excluding hydrogens is 268 g/mol. The van der Waals surface area contributed by atoms with Gasteiger partial charge in [-0.3, -0.25) is 4.79 Å². The van der Waals surface area contributed by atoms with Gasteiger partial charge in [-0.15, -0.1) is 0 Å². The van der Waals surface area contributed by atoms with Gasteiger partial charge >= 0.3 is 0 Å². The normalized spacial score (nSPS) is 10.0. The second-order valence-corrected chi connectivity index (χ2v) is 3.99. The van der Waals surface area contributed by atoms with Crippen molar-refractivity contribution in [1.82, 2.24) is 9.97 Å². The van der Waals surface area contributed by atoms with E-state index < -0.39 is 5.91 Å². The number of anilines is 1. The van der Waals surface area contributed by atoms with E-state index in [-0.39, 0.29) is 10.9 Å². The zero-order valence-corrected chi connectivity index (χ0v) is 10.8. The molecule has 2 aromatic rings. The van der Waals surface area contributed by atoms with E-state index in [9.17, 15) is 4.79 Å². The fourth-order valence-electron chi connectivity index (χ4n) is 1.34. The number of rotatable bonds is 4. The van der Waals surface area contributed by atoms with Gasteiger partial charge in [-0.25, -0.2) is 4.98 Å². The van der Waals surface area contributed by atoms with Crippen molar-refractivity contribution in [3.05, 3.63) is 41.0 Å². The summed E-state index contributed by atoms with van der Waals surface area (Å²) < 4.78 is 5.51. The average Bonchev–Trinajstić information content (AvgIpc) is 2.42. The maximum absolute atomic E-state index is 10.9. The van der Waals surface area contributed by atoms with Crippen molar-refractivity contribution in [2.24, 2.45) is 5.73 Å². The molecule has 1 aromatic carbocycles. The van der Waals surface area contributed by atoms with Crippen molar-refractivity contribution in [2.75, 3.05) is 12.4 Å². The number of primary amides is 1. The zero-order chi connectivity index (χ0) is 13.8. The van der Waals surface area contributed by atoms with Crippen LogP contribution < -0.4 is 15.8 Å². The minimum atomic E-state index is -0.496. The smallest absolute Gasteiger partial charge is 0.248 e. The van der Waals surface area contributed by atoms with Crippen molar-refractivity contribution in [1.29, 1.82) is 0 Å². The Hall–Kier alpha value is -2.34. The zero-order valence-electron chi connectivity index (χ0n) is 10.1. The number of hydrogen-bond donors (Lipinski definition) is 2. The molecule has 0 bridgehead atoms. The topological polar surface area (TPSA) is 90.1 Å². The van der Waals surface area contributed by atoms with Gasteiger partial charge < -0.3 is 15.8 Å². The highest BCUT2D eigenvalue weighted by molar-refractivity contribution is 6.31. The first-order valence-electron chi connectivity index (χ1n) is 5.38. The number of carbonyl (C=O) groups is 1. The van der Waals surface area contributed by atoms with Gasteiger partial charge in [0, 0.05) is 12.6 Å². The molecule has 3 N–H and O–H groups in total. The summed E-state index contributed by atoms with van der Waals surface area (Å²) in [5.74, 6) is 0.623. The monoisotopic (exact) mass is 278 g/mol. The van der Waals surface area contributed by atoms with E-state index in [1.54, 1.807) is 31.3 Å². The minimum Gasteiger partial charge on any atom is -0.437 e. The van der Waals surface area contributed by atoms with Crippen LogP contribution in [-0.2, 0) is 0 Å². The Kier molecular flexibility index (Phi) is 3.82. The van der Waals surface area contributed by atoms with Gasteiger partial charge in [0.1, 0.15) is 10.8 Å². The Morgan fingerprint density at radius 3 is 2.63 bits per heavy atom. The third kappa shape index (κ3) is 3.11. The third-order valence-electron chi connectivity index (χ3n) is 2.29. The van der Waals surface area contributed by atoms with Crippen LogP contribution in [-0.4, -0.2) is 22.9 Å². The summed E-state index contributed by atoms with van der Waals surface area (Å²) in [6.07, 6.45) is 1.44. The number of ether oxygens (including phenoxy) is 1. The van der Waals surface area contributed by atoms with E-state index in [2.05, 4.69) is 15.3 Å². The lowest BCUT2D eigenvalue weighted by Gasteiger charge is -2.07. The largest absolute Gasteiger partial charge is 0.437 e. The minimum absolute atomic E-state index is 0.229. The van der Waals surface area contributed by atoms with E-state index in [4.69, 9.17) is 22.1 Å². The molecule has 0 atom stereocenters. The van der Waals surface area contributed by atoms with Crippen molar-refractivity contribution in [2.45, 2.75) is 0 Å². The summed E-state index contributed by atoms with van der Waals surface area (Å²) in [5.41, 5.74) is 5.55. The number of nitrogens with two attached hydrogens (primary N) is 1. The van der Waals surface area contributed by atoms with Gasteiger partial charge in [0.2, 0.25) is 17.7 Å². The molecule has 0 aliphatic rings. The first kappa shape index (κ1) is 13.1. The Balaban J connectivity index is 2.23. The molecule has 2 rings (SSSR count). The molecule has 1 amide bonds. The van der Waals surface area contributed by atoms with Crippen LogP contribution >= 0.6 is 11.6 Å². The standard InChI is InChI=1S/C12H11ClN4O2/c1-15-12-16-6-9(13)11(17-12)19-8-4-2-7(3-5-8)10(14)18/h2-6H,1H3,(H2,14,18)(H,15,16,17). The van der Waals surface area contributed by atoms with Crippen LogP contribution in [0.25, 0.3) is 0 Å². The summed E-state index contributed by atoms with van der Waals surface area (Å²) in [6, 6.07) is 6.34. The second kappa shape index (κ2) is 5.53. The average molecular weight is 279 g/mol. The highest BCUT2D eigenvalue weighted by Gasteiger charge is 2.08. The molecule has 7 heteroatoms. The summed E-state index contributed by atoms with van der Waals surface area (Å²) in [6.45, 7) is 0. The molecule has 0 saturated heterocycles. The van der Waals surface area contributed by atoms with Crippen LogP contribution in [0.2, 0.25) is 5.02 Å². The summed E-state index contributed by atoms with van der Waals surface area (Å²) in [5, 5.41) is 3.07. The van der Waals surface area contributed by atoms with Gasteiger partial charge in [0.05, 0.1) is 6.20 Å². The second-order valence-electron chi connectivity index (χ2n) is 3.59. The molecular formula is C12H11ClN4O2. The fourth-order valence-corrected chi connectivity index (χ4v) is 1.47. The Bertz CT molecular complexity index is 601. The summed E-state index contributed by atoms with van der Waals surface area (Å²) in [4.78, 5) is 19.0. The molecule has 0 spiro atoms. The first-order valence-corrected chi connectivity index (χ1v) is 5.76. The van der Waals surface area contributed by atoms with Crippen molar-refractivity contribution in [3.63, 3.8) is 0 Å². The molecule has 0 aliphatic carbocycles. The summed E-state index contributed by atoms with van der Waals surface area (Å²) in [7, 11) is 1.69.